The molecule has 0 unspecified atom stereocenters. The Hall–Kier alpha value is -1.53. The van der Waals surface area contributed by atoms with Crippen LogP contribution < -0.4 is 4.74 Å². The van der Waals surface area contributed by atoms with Gasteiger partial charge in [-0.05, 0) is 40.9 Å². The molecule has 2 heterocycles. The van der Waals surface area contributed by atoms with Gasteiger partial charge in [-0.3, -0.25) is 4.79 Å². The van der Waals surface area contributed by atoms with Gasteiger partial charge in [-0.1, -0.05) is 0 Å². The molecule has 0 atom stereocenters. The van der Waals surface area contributed by atoms with Crippen LogP contribution in [0.3, 0.4) is 0 Å². The second-order valence-corrected chi connectivity index (χ2v) is 5.95. The Morgan fingerprint density at radius 1 is 1.38 bits per heavy atom. The van der Waals surface area contributed by atoms with E-state index in [0.717, 1.165) is 5.39 Å². The lowest BCUT2D eigenvalue weighted by molar-refractivity contribution is 0.0546. The van der Waals surface area contributed by atoms with E-state index in [9.17, 15) is 9.90 Å². The highest BCUT2D eigenvalue weighted by atomic mass is 79.9. The van der Waals surface area contributed by atoms with Crippen LogP contribution in [0.4, 0.5) is 0 Å². The highest BCUT2D eigenvalue weighted by Gasteiger charge is 2.23. The van der Waals surface area contributed by atoms with Crippen LogP contribution in [0, 0.1) is 0 Å². The van der Waals surface area contributed by atoms with Gasteiger partial charge >= 0.3 is 0 Å². The number of rotatable bonds is 2. The van der Waals surface area contributed by atoms with Gasteiger partial charge in [0.15, 0.2) is 4.67 Å². The van der Waals surface area contributed by atoms with Crippen LogP contribution >= 0.6 is 15.9 Å². The Morgan fingerprint density at radius 2 is 2.10 bits per heavy atom. The van der Waals surface area contributed by atoms with Crippen molar-refractivity contribution < 1.29 is 19.1 Å². The first-order valence-electron chi connectivity index (χ1n) is 6.83. The first kappa shape index (κ1) is 14.4. The second kappa shape index (κ2) is 5.69. The summed E-state index contributed by atoms with van der Waals surface area (Å²) >= 11 is 3.29. The van der Waals surface area contributed by atoms with Crippen LogP contribution in [0.1, 0.15) is 23.2 Å². The van der Waals surface area contributed by atoms with Crippen molar-refractivity contribution in [1.29, 1.82) is 0 Å². The van der Waals surface area contributed by atoms with Crippen molar-refractivity contribution in [3.8, 4) is 5.75 Å². The number of nitrogens with zero attached hydrogens (tertiary/aromatic N) is 1. The molecule has 5 nitrogen and oxygen atoms in total. The minimum Gasteiger partial charge on any atom is -0.496 e. The number of methoxy groups -OCH3 is 1. The minimum atomic E-state index is -0.299. The van der Waals surface area contributed by atoms with E-state index in [-0.39, 0.29) is 12.0 Å². The number of hydrogen-bond donors (Lipinski definition) is 1. The SMILES string of the molecule is COc1cc(C(=O)N2CCC(O)CC2)cc2oc(Br)cc12. The predicted octanol–water partition coefficient (Wildman–Crippen LogP) is 2.80. The summed E-state index contributed by atoms with van der Waals surface area (Å²) in [5, 5.41) is 10.4. The van der Waals surface area contributed by atoms with Crippen molar-refractivity contribution in [3.63, 3.8) is 0 Å². The molecule has 0 aliphatic carbocycles. The average molecular weight is 354 g/mol. The predicted molar refractivity (Wildman–Crippen MR) is 81.6 cm³/mol. The number of fused-ring (bicyclic) bond motifs is 1. The maximum atomic E-state index is 12.6. The third-order valence-electron chi connectivity index (χ3n) is 3.79. The largest absolute Gasteiger partial charge is 0.496 e. The number of piperidine rings is 1. The maximum Gasteiger partial charge on any atom is 0.254 e. The summed E-state index contributed by atoms with van der Waals surface area (Å²) in [4.78, 5) is 14.3. The third kappa shape index (κ3) is 2.78. The zero-order valence-electron chi connectivity index (χ0n) is 11.6. The fourth-order valence-electron chi connectivity index (χ4n) is 2.62. The molecule has 1 saturated heterocycles. The number of hydrogen-bond acceptors (Lipinski definition) is 4. The number of carbonyl (C=O) groups excluding carboxylic acids is 1. The quantitative estimate of drug-likeness (QED) is 0.901. The van der Waals surface area contributed by atoms with Gasteiger partial charge < -0.3 is 19.2 Å². The van der Waals surface area contributed by atoms with E-state index in [1.165, 1.54) is 0 Å². The number of likely N-dealkylation sites (tertiary alicyclic amines) is 1. The van der Waals surface area contributed by atoms with Gasteiger partial charge in [0, 0.05) is 24.7 Å². The van der Waals surface area contributed by atoms with E-state index in [4.69, 9.17) is 9.15 Å². The first-order chi connectivity index (χ1) is 10.1. The lowest BCUT2D eigenvalue weighted by atomic mass is 10.1. The van der Waals surface area contributed by atoms with Crippen molar-refractivity contribution in [2.75, 3.05) is 20.2 Å². The average Bonchev–Trinajstić information content (AvgIpc) is 2.86. The highest BCUT2D eigenvalue weighted by Crippen LogP contribution is 2.33. The number of halogens is 1. The lowest BCUT2D eigenvalue weighted by Crippen LogP contribution is -2.40. The summed E-state index contributed by atoms with van der Waals surface area (Å²) in [6, 6.07) is 5.29. The zero-order chi connectivity index (χ0) is 15.0. The van der Waals surface area contributed by atoms with Crippen molar-refractivity contribution in [3.05, 3.63) is 28.4 Å². The fraction of sp³-hybridized carbons (Fsp3) is 0.400. The normalized spacial score (nSPS) is 16.4. The molecule has 3 rings (SSSR count). The molecule has 1 aliphatic rings. The Balaban J connectivity index is 1.94. The standard InChI is InChI=1S/C15H16BrNO4/c1-20-12-6-9(7-13-11(12)8-14(16)21-13)15(19)17-4-2-10(18)3-5-17/h6-8,10,18H,2-5H2,1H3. The number of carbonyl (C=O) groups is 1. The van der Waals surface area contributed by atoms with E-state index < -0.39 is 0 Å². The number of benzene rings is 1. The van der Waals surface area contributed by atoms with E-state index in [1.54, 1.807) is 24.1 Å². The summed E-state index contributed by atoms with van der Waals surface area (Å²) in [5.74, 6) is 0.553. The Labute approximate surface area is 130 Å². The number of furan rings is 1. The zero-order valence-corrected chi connectivity index (χ0v) is 13.2. The summed E-state index contributed by atoms with van der Waals surface area (Å²) in [6.45, 7) is 1.14. The molecule has 1 amide bonds. The molecular weight excluding hydrogens is 338 g/mol. The molecule has 0 saturated carbocycles. The van der Waals surface area contributed by atoms with Crippen molar-refractivity contribution in [2.24, 2.45) is 0 Å². The van der Waals surface area contributed by atoms with Crippen LogP contribution in [0.5, 0.6) is 5.75 Å². The molecule has 6 heteroatoms. The van der Waals surface area contributed by atoms with E-state index in [0.29, 0.717) is 47.5 Å². The second-order valence-electron chi connectivity index (χ2n) is 5.16. The van der Waals surface area contributed by atoms with Crippen LogP contribution in [-0.2, 0) is 0 Å². The monoisotopic (exact) mass is 353 g/mol. The molecule has 112 valence electrons. The molecule has 1 aromatic carbocycles. The molecule has 0 bridgehead atoms. The molecule has 0 spiro atoms. The van der Waals surface area contributed by atoms with Gasteiger partial charge in [-0.25, -0.2) is 0 Å². The molecular formula is C15H16BrNO4. The highest BCUT2D eigenvalue weighted by molar-refractivity contribution is 9.10. The molecule has 2 aromatic rings. The number of aliphatic hydroxyl groups is 1. The molecule has 1 N–H and O–H groups in total. The fourth-order valence-corrected chi connectivity index (χ4v) is 3.02. The van der Waals surface area contributed by atoms with Gasteiger partial charge in [0.2, 0.25) is 0 Å². The molecule has 1 fully saturated rings. The summed E-state index contributed by atoms with van der Waals surface area (Å²) in [7, 11) is 1.57. The van der Waals surface area contributed by atoms with Crippen molar-refractivity contribution in [1.82, 2.24) is 4.90 Å². The van der Waals surface area contributed by atoms with Crippen molar-refractivity contribution in [2.45, 2.75) is 18.9 Å². The summed E-state index contributed by atoms with van der Waals surface area (Å²) < 4.78 is 11.5. The Bertz CT molecular complexity index is 674. The van der Waals surface area contributed by atoms with Crippen LogP contribution in [-0.4, -0.2) is 42.2 Å². The van der Waals surface area contributed by atoms with Crippen LogP contribution in [0.15, 0.2) is 27.3 Å². The molecule has 0 radical (unpaired) electrons. The van der Waals surface area contributed by atoms with E-state index >= 15 is 0 Å². The van der Waals surface area contributed by atoms with Gasteiger partial charge in [0.25, 0.3) is 5.91 Å². The summed E-state index contributed by atoms with van der Waals surface area (Å²) in [6.07, 6.45) is 0.946. The number of aliphatic hydroxyl groups excluding tert-OH is 1. The van der Waals surface area contributed by atoms with Gasteiger partial charge in [0.1, 0.15) is 11.3 Å². The van der Waals surface area contributed by atoms with Crippen LogP contribution in [0.2, 0.25) is 0 Å². The van der Waals surface area contributed by atoms with Crippen molar-refractivity contribution >= 4 is 32.8 Å². The van der Waals surface area contributed by atoms with Gasteiger partial charge in [-0.2, -0.15) is 0 Å². The van der Waals surface area contributed by atoms with Gasteiger partial charge in [-0.15, -0.1) is 0 Å². The van der Waals surface area contributed by atoms with E-state index in [1.807, 2.05) is 6.07 Å². The smallest absolute Gasteiger partial charge is 0.254 e. The number of ether oxygens (including phenoxy) is 1. The van der Waals surface area contributed by atoms with Gasteiger partial charge in [0.05, 0.1) is 18.6 Å². The summed E-state index contributed by atoms with van der Waals surface area (Å²) in [5.41, 5.74) is 1.15. The topological polar surface area (TPSA) is 62.9 Å². The first-order valence-corrected chi connectivity index (χ1v) is 7.62. The Morgan fingerprint density at radius 3 is 2.76 bits per heavy atom. The molecule has 1 aliphatic heterocycles. The molecule has 1 aromatic heterocycles. The third-order valence-corrected chi connectivity index (χ3v) is 4.18. The number of amides is 1. The van der Waals surface area contributed by atoms with E-state index in [2.05, 4.69) is 15.9 Å². The Kier molecular flexibility index (Phi) is 3.91. The van der Waals surface area contributed by atoms with Crippen LogP contribution in [0.25, 0.3) is 11.0 Å². The molecule has 21 heavy (non-hydrogen) atoms. The minimum absolute atomic E-state index is 0.0605. The lowest BCUT2D eigenvalue weighted by Gasteiger charge is -2.29. The maximum absolute atomic E-state index is 12.6.